The van der Waals surface area contributed by atoms with Crippen LogP contribution in [0, 0.1) is 5.92 Å². The minimum Gasteiger partial charge on any atom is -0.508 e. The maximum atomic E-state index is 10.5. The van der Waals surface area contributed by atoms with E-state index in [1.165, 1.54) is 25.7 Å². The molecule has 1 aliphatic carbocycles. The van der Waals surface area contributed by atoms with Gasteiger partial charge in [0.2, 0.25) is 0 Å². The standard InChI is InChI=1S/C16H22O4/c17-12-5-6-14-13(9-12)16(18)15(7-8-19-14)20-10-11-3-1-2-4-11/h5-6,9,11,15-18H,1-4,7-8,10H2/t15-,16-/m1/s1. The van der Waals surface area contributed by atoms with Gasteiger partial charge in [0.25, 0.3) is 0 Å². The molecule has 1 aromatic carbocycles. The Morgan fingerprint density at radius 1 is 1.20 bits per heavy atom. The van der Waals surface area contributed by atoms with E-state index >= 15 is 0 Å². The Bertz CT molecular complexity index is 454. The van der Waals surface area contributed by atoms with E-state index in [0.29, 0.717) is 30.3 Å². The monoisotopic (exact) mass is 278 g/mol. The molecule has 2 aliphatic rings. The predicted molar refractivity (Wildman–Crippen MR) is 74.9 cm³/mol. The Hall–Kier alpha value is -1.26. The van der Waals surface area contributed by atoms with Gasteiger partial charge in [0, 0.05) is 18.6 Å². The van der Waals surface area contributed by atoms with Crippen LogP contribution in [0.25, 0.3) is 0 Å². The van der Waals surface area contributed by atoms with E-state index < -0.39 is 6.10 Å². The van der Waals surface area contributed by atoms with E-state index in [1.54, 1.807) is 18.2 Å². The lowest BCUT2D eigenvalue weighted by Crippen LogP contribution is -2.24. The molecule has 0 saturated heterocycles. The van der Waals surface area contributed by atoms with Gasteiger partial charge < -0.3 is 19.7 Å². The van der Waals surface area contributed by atoms with Crippen LogP contribution in [0.15, 0.2) is 18.2 Å². The van der Waals surface area contributed by atoms with Crippen LogP contribution in [0.4, 0.5) is 0 Å². The number of aliphatic hydroxyl groups is 1. The molecule has 0 unspecified atom stereocenters. The normalized spacial score (nSPS) is 26.9. The molecule has 0 bridgehead atoms. The van der Waals surface area contributed by atoms with E-state index in [9.17, 15) is 10.2 Å². The lowest BCUT2D eigenvalue weighted by atomic mass is 10.0. The fraction of sp³-hybridized carbons (Fsp3) is 0.625. The zero-order chi connectivity index (χ0) is 13.9. The zero-order valence-corrected chi connectivity index (χ0v) is 11.6. The first-order valence-electron chi connectivity index (χ1n) is 7.49. The smallest absolute Gasteiger partial charge is 0.125 e. The summed E-state index contributed by atoms with van der Waals surface area (Å²) in [5.41, 5.74) is 0.624. The van der Waals surface area contributed by atoms with Gasteiger partial charge >= 0.3 is 0 Å². The fourth-order valence-corrected chi connectivity index (χ4v) is 3.15. The maximum Gasteiger partial charge on any atom is 0.125 e. The van der Waals surface area contributed by atoms with Crippen molar-refractivity contribution in [1.82, 2.24) is 0 Å². The Labute approximate surface area is 119 Å². The molecule has 2 N–H and O–H groups in total. The Morgan fingerprint density at radius 3 is 2.80 bits per heavy atom. The summed E-state index contributed by atoms with van der Waals surface area (Å²) < 4.78 is 11.6. The summed E-state index contributed by atoms with van der Waals surface area (Å²) in [4.78, 5) is 0. The second-order valence-electron chi connectivity index (χ2n) is 5.83. The van der Waals surface area contributed by atoms with Crippen molar-refractivity contribution in [3.63, 3.8) is 0 Å². The number of aromatic hydroxyl groups is 1. The molecule has 1 aromatic rings. The molecule has 1 saturated carbocycles. The summed E-state index contributed by atoms with van der Waals surface area (Å²) >= 11 is 0. The summed E-state index contributed by atoms with van der Waals surface area (Å²) in [6.07, 6.45) is 4.73. The third-order valence-corrected chi connectivity index (χ3v) is 4.34. The Morgan fingerprint density at radius 2 is 2.00 bits per heavy atom. The third-order valence-electron chi connectivity index (χ3n) is 4.34. The molecule has 0 amide bonds. The first kappa shape index (κ1) is 13.7. The minimum absolute atomic E-state index is 0.142. The number of aliphatic hydroxyl groups excluding tert-OH is 1. The summed E-state index contributed by atoms with van der Waals surface area (Å²) in [6.45, 7) is 1.25. The molecule has 1 aliphatic heterocycles. The number of phenolic OH excluding ortho intramolecular Hbond substituents is 1. The van der Waals surface area contributed by atoms with Gasteiger partial charge in [-0.25, -0.2) is 0 Å². The van der Waals surface area contributed by atoms with E-state index in [2.05, 4.69) is 0 Å². The largest absolute Gasteiger partial charge is 0.508 e. The molecular formula is C16H22O4. The van der Waals surface area contributed by atoms with Crippen LogP contribution >= 0.6 is 0 Å². The highest BCUT2D eigenvalue weighted by atomic mass is 16.5. The highest BCUT2D eigenvalue weighted by molar-refractivity contribution is 5.42. The number of fused-ring (bicyclic) bond motifs is 1. The van der Waals surface area contributed by atoms with Crippen molar-refractivity contribution >= 4 is 0 Å². The Kier molecular flexibility index (Phi) is 4.13. The van der Waals surface area contributed by atoms with Gasteiger partial charge in [-0.2, -0.15) is 0 Å². The number of ether oxygens (including phenoxy) is 2. The lowest BCUT2D eigenvalue weighted by molar-refractivity contribution is -0.0537. The SMILES string of the molecule is Oc1ccc2c(c1)[C@@H](O)[C@H](OCC1CCCC1)CCO2. The number of benzene rings is 1. The average molecular weight is 278 g/mol. The Balaban J connectivity index is 1.69. The van der Waals surface area contributed by atoms with Gasteiger partial charge in [-0.3, -0.25) is 0 Å². The summed E-state index contributed by atoms with van der Waals surface area (Å²) in [5, 5.41) is 20.1. The third kappa shape index (κ3) is 2.91. The van der Waals surface area contributed by atoms with Crippen molar-refractivity contribution in [2.75, 3.05) is 13.2 Å². The minimum atomic E-state index is -0.735. The molecule has 0 aromatic heterocycles. The molecular weight excluding hydrogens is 256 g/mol. The molecule has 4 nitrogen and oxygen atoms in total. The van der Waals surface area contributed by atoms with Crippen molar-refractivity contribution in [1.29, 1.82) is 0 Å². The average Bonchev–Trinajstić information content (AvgIpc) is 2.91. The van der Waals surface area contributed by atoms with Gasteiger partial charge in [0.05, 0.1) is 12.7 Å². The van der Waals surface area contributed by atoms with Crippen molar-refractivity contribution in [2.24, 2.45) is 5.92 Å². The predicted octanol–water partition coefficient (Wildman–Crippen LogP) is 2.78. The molecule has 0 spiro atoms. The number of phenols is 1. The van der Waals surface area contributed by atoms with Gasteiger partial charge in [-0.1, -0.05) is 12.8 Å². The number of hydrogen-bond acceptors (Lipinski definition) is 4. The fourth-order valence-electron chi connectivity index (χ4n) is 3.15. The number of rotatable bonds is 3. The van der Waals surface area contributed by atoms with Crippen LogP contribution in [0.1, 0.15) is 43.8 Å². The van der Waals surface area contributed by atoms with E-state index in [0.717, 1.165) is 6.61 Å². The topological polar surface area (TPSA) is 58.9 Å². The molecule has 1 heterocycles. The quantitative estimate of drug-likeness (QED) is 0.892. The molecule has 0 radical (unpaired) electrons. The summed E-state index contributed by atoms with van der Waals surface area (Å²) in [5.74, 6) is 1.42. The van der Waals surface area contributed by atoms with Gasteiger partial charge in [0.15, 0.2) is 0 Å². The highest BCUT2D eigenvalue weighted by Gasteiger charge is 2.29. The summed E-state index contributed by atoms with van der Waals surface area (Å²) in [6, 6.07) is 4.84. The summed E-state index contributed by atoms with van der Waals surface area (Å²) in [7, 11) is 0. The van der Waals surface area contributed by atoms with Crippen molar-refractivity contribution in [2.45, 2.75) is 44.3 Å². The van der Waals surface area contributed by atoms with Crippen molar-refractivity contribution in [3.05, 3.63) is 23.8 Å². The highest BCUT2D eigenvalue weighted by Crippen LogP contribution is 2.36. The van der Waals surface area contributed by atoms with Gasteiger partial charge in [-0.15, -0.1) is 0 Å². The second kappa shape index (κ2) is 6.02. The van der Waals surface area contributed by atoms with Gasteiger partial charge in [0.1, 0.15) is 17.6 Å². The second-order valence-corrected chi connectivity index (χ2v) is 5.83. The molecule has 4 heteroatoms. The molecule has 2 atom stereocenters. The van der Waals surface area contributed by atoms with E-state index in [4.69, 9.17) is 9.47 Å². The van der Waals surface area contributed by atoms with E-state index in [-0.39, 0.29) is 11.9 Å². The first-order valence-corrected chi connectivity index (χ1v) is 7.49. The van der Waals surface area contributed by atoms with Crippen LogP contribution in [0.3, 0.4) is 0 Å². The van der Waals surface area contributed by atoms with E-state index in [1.807, 2.05) is 0 Å². The first-order chi connectivity index (χ1) is 9.74. The lowest BCUT2D eigenvalue weighted by Gasteiger charge is -2.23. The van der Waals surface area contributed by atoms with Crippen LogP contribution in [-0.4, -0.2) is 29.5 Å². The zero-order valence-electron chi connectivity index (χ0n) is 11.6. The van der Waals surface area contributed by atoms with Crippen molar-refractivity contribution in [3.8, 4) is 11.5 Å². The molecule has 110 valence electrons. The molecule has 1 fully saturated rings. The molecule has 3 rings (SSSR count). The van der Waals surface area contributed by atoms with Crippen molar-refractivity contribution < 1.29 is 19.7 Å². The van der Waals surface area contributed by atoms with Crippen LogP contribution in [0.5, 0.6) is 11.5 Å². The van der Waals surface area contributed by atoms with Crippen LogP contribution in [0.2, 0.25) is 0 Å². The van der Waals surface area contributed by atoms with Crippen LogP contribution in [-0.2, 0) is 4.74 Å². The number of hydrogen-bond donors (Lipinski definition) is 2. The van der Waals surface area contributed by atoms with Crippen LogP contribution < -0.4 is 4.74 Å². The van der Waals surface area contributed by atoms with Gasteiger partial charge in [-0.05, 0) is 37.0 Å². The molecule has 20 heavy (non-hydrogen) atoms. The maximum absolute atomic E-state index is 10.5.